The average Bonchev–Trinajstić information content (AvgIpc) is 2.29. The largest absolute Gasteiger partial charge is 0.326 e. The zero-order chi connectivity index (χ0) is 10.7. The van der Waals surface area contributed by atoms with Gasteiger partial charge in [-0.2, -0.15) is 0 Å². The molecule has 0 aliphatic heterocycles. The van der Waals surface area contributed by atoms with Crippen LogP contribution < -0.4 is 5.73 Å². The van der Waals surface area contributed by atoms with Crippen LogP contribution in [-0.4, -0.2) is 9.97 Å². The highest BCUT2D eigenvalue weighted by atomic mass is 35.5. The Hall–Kier alpha value is -1.45. The lowest BCUT2D eigenvalue weighted by Gasteiger charge is -2.02. The van der Waals surface area contributed by atoms with Crippen molar-refractivity contribution in [1.82, 2.24) is 9.97 Å². The fourth-order valence-corrected chi connectivity index (χ4v) is 1.43. The van der Waals surface area contributed by atoms with Crippen molar-refractivity contribution in [2.75, 3.05) is 0 Å². The highest BCUT2D eigenvalue weighted by Gasteiger charge is 1.99. The number of nitrogens with two attached hydrogens (primary N) is 1. The van der Waals surface area contributed by atoms with Gasteiger partial charge in [0, 0.05) is 18.3 Å². The molecular formula is C12H14ClN3. The molecule has 1 aromatic carbocycles. The standard InChI is InChI=1S/C12H13N3.ClH/c1-9-14-7-6-12(15-9)11-4-2-10(8-13)3-5-11;/h2-7H,8,13H2,1H3;1H. The van der Waals surface area contributed by atoms with Crippen molar-refractivity contribution in [3.8, 4) is 11.3 Å². The first kappa shape index (κ1) is 12.6. The lowest BCUT2D eigenvalue weighted by molar-refractivity contribution is 1.05. The van der Waals surface area contributed by atoms with E-state index in [9.17, 15) is 0 Å². The average molecular weight is 236 g/mol. The molecule has 0 aliphatic rings. The van der Waals surface area contributed by atoms with E-state index in [-0.39, 0.29) is 12.4 Å². The highest BCUT2D eigenvalue weighted by Crippen LogP contribution is 2.16. The molecule has 0 aliphatic carbocycles. The maximum absolute atomic E-state index is 5.54. The van der Waals surface area contributed by atoms with Crippen molar-refractivity contribution >= 4 is 12.4 Å². The van der Waals surface area contributed by atoms with Gasteiger partial charge in [0.05, 0.1) is 5.69 Å². The van der Waals surface area contributed by atoms with E-state index in [4.69, 9.17) is 5.73 Å². The summed E-state index contributed by atoms with van der Waals surface area (Å²) in [7, 11) is 0. The molecule has 0 amide bonds. The van der Waals surface area contributed by atoms with Crippen LogP contribution in [0.4, 0.5) is 0 Å². The summed E-state index contributed by atoms with van der Waals surface area (Å²) in [4.78, 5) is 8.42. The molecule has 0 bridgehead atoms. The Kier molecular flexibility index (Phi) is 4.40. The number of benzene rings is 1. The maximum Gasteiger partial charge on any atom is 0.125 e. The van der Waals surface area contributed by atoms with Gasteiger partial charge in [-0.05, 0) is 18.6 Å². The van der Waals surface area contributed by atoms with E-state index in [1.165, 1.54) is 0 Å². The van der Waals surface area contributed by atoms with E-state index in [2.05, 4.69) is 9.97 Å². The molecule has 3 nitrogen and oxygen atoms in total. The Morgan fingerprint density at radius 3 is 2.38 bits per heavy atom. The summed E-state index contributed by atoms with van der Waals surface area (Å²) in [5.74, 6) is 0.787. The van der Waals surface area contributed by atoms with Crippen molar-refractivity contribution < 1.29 is 0 Å². The summed E-state index contributed by atoms with van der Waals surface area (Å²) in [6.07, 6.45) is 1.77. The van der Waals surface area contributed by atoms with Crippen LogP contribution in [0.3, 0.4) is 0 Å². The summed E-state index contributed by atoms with van der Waals surface area (Å²) in [6, 6.07) is 10.0. The van der Waals surface area contributed by atoms with Crippen LogP contribution in [0.2, 0.25) is 0 Å². The predicted octanol–water partition coefficient (Wildman–Crippen LogP) is 2.33. The first-order valence-electron chi connectivity index (χ1n) is 4.88. The zero-order valence-corrected chi connectivity index (χ0v) is 9.87. The third-order valence-electron chi connectivity index (χ3n) is 2.26. The van der Waals surface area contributed by atoms with Crippen LogP contribution >= 0.6 is 12.4 Å². The first-order valence-corrected chi connectivity index (χ1v) is 4.88. The molecule has 2 rings (SSSR count). The molecule has 1 aromatic heterocycles. The molecule has 16 heavy (non-hydrogen) atoms. The molecule has 1 heterocycles. The van der Waals surface area contributed by atoms with Crippen LogP contribution in [0.1, 0.15) is 11.4 Å². The number of rotatable bonds is 2. The second-order valence-electron chi connectivity index (χ2n) is 3.39. The van der Waals surface area contributed by atoms with Gasteiger partial charge in [-0.15, -0.1) is 12.4 Å². The molecule has 2 aromatic rings. The molecule has 0 saturated heterocycles. The fraction of sp³-hybridized carbons (Fsp3) is 0.167. The van der Waals surface area contributed by atoms with E-state index in [1.807, 2.05) is 37.3 Å². The number of halogens is 1. The van der Waals surface area contributed by atoms with E-state index < -0.39 is 0 Å². The molecule has 4 heteroatoms. The fourth-order valence-electron chi connectivity index (χ4n) is 1.43. The smallest absolute Gasteiger partial charge is 0.125 e. The summed E-state index contributed by atoms with van der Waals surface area (Å²) >= 11 is 0. The van der Waals surface area contributed by atoms with E-state index in [0.717, 1.165) is 22.6 Å². The van der Waals surface area contributed by atoms with E-state index in [1.54, 1.807) is 6.20 Å². The Labute approximate surface area is 101 Å². The number of hydrogen-bond acceptors (Lipinski definition) is 3. The van der Waals surface area contributed by atoms with E-state index in [0.29, 0.717) is 6.54 Å². The van der Waals surface area contributed by atoms with Crippen LogP contribution in [0.5, 0.6) is 0 Å². The number of aryl methyl sites for hydroxylation is 1. The van der Waals surface area contributed by atoms with Crippen molar-refractivity contribution in [1.29, 1.82) is 0 Å². The lowest BCUT2D eigenvalue weighted by atomic mass is 10.1. The van der Waals surface area contributed by atoms with Crippen LogP contribution in [0.25, 0.3) is 11.3 Å². The maximum atomic E-state index is 5.54. The SMILES string of the molecule is Cc1nccc(-c2ccc(CN)cc2)n1.Cl. The summed E-state index contributed by atoms with van der Waals surface area (Å²) in [6.45, 7) is 2.46. The molecule has 0 atom stereocenters. The molecule has 84 valence electrons. The molecule has 0 radical (unpaired) electrons. The van der Waals surface area contributed by atoms with Gasteiger partial charge in [-0.25, -0.2) is 9.97 Å². The van der Waals surface area contributed by atoms with Crippen molar-refractivity contribution in [2.45, 2.75) is 13.5 Å². The molecule has 0 unspecified atom stereocenters. The van der Waals surface area contributed by atoms with Crippen LogP contribution in [0.15, 0.2) is 36.5 Å². The molecule has 0 spiro atoms. The second kappa shape index (κ2) is 5.58. The normalized spacial score (nSPS) is 9.62. The van der Waals surface area contributed by atoms with Gasteiger partial charge in [0.1, 0.15) is 5.82 Å². The molecule has 0 saturated carbocycles. The Morgan fingerprint density at radius 2 is 1.81 bits per heavy atom. The van der Waals surface area contributed by atoms with E-state index >= 15 is 0 Å². The number of aromatic nitrogens is 2. The minimum absolute atomic E-state index is 0. The number of hydrogen-bond donors (Lipinski definition) is 1. The van der Waals surface area contributed by atoms with Crippen molar-refractivity contribution in [2.24, 2.45) is 5.73 Å². The molecule has 2 N–H and O–H groups in total. The lowest BCUT2D eigenvalue weighted by Crippen LogP contribution is -1.95. The van der Waals surface area contributed by atoms with Gasteiger partial charge < -0.3 is 5.73 Å². The van der Waals surface area contributed by atoms with Gasteiger partial charge in [-0.1, -0.05) is 24.3 Å². The quantitative estimate of drug-likeness (QED) is 0.869. The zero-order valence-electron chi connectivity index (χ0n) is 9.05. The van der Waals surface area contributed by atoms with Gasteiger partial charge in [0.2, 0.25) is 0 Å². The predicted molar refractivity (Wildman–Crippen MR) is 67.3 cm³/mol. The minimum atomic E-state index is 0. The van der Waals surface area contributed by atoms with Gasteiger partial charge in [0.15, 0.2) is 0 Å². The Balaban J connectivity index is 0.00000128. The Morgan fingerprint density at radius 1 is 1.12 bits per heavy atom. The highest BCUT2D eigenvalue weighted by molar-refractivity contribution is 5.85. The first-order chi connectivity index (χ1) is 7.29. The van der Waals surface area contributed by atoms with Gasteiger partial charge >= 0.3 is 0 Å². The topological polar surface area (TPSA) is 51.8 Å². The monoisotopic (exact) mass is 235 g/mol. The molecular weight excluding hydrogens is 222 g/mol. The van der Waals surface area contributed by atoms with Gasteiger partial charge in [0.25, 0.3) is 0 Å². The third kappa shape index (κ3) is 2.78. The molecule has 0 fully saturated rings. The number of nitrogens with zero attached hydrogens (tertiary/aromatic N) is 2. The van der Waals surface area contributed by atoms with Crippen molar-refractivity contribution in [3.05, 3.63) is 47.9 Å². The summed E-state index contributed by atoms with van der Waals surface area (Å²) in [5.41, 5.74) is 8.71. The summed E-state index contributed by atoms with van der Waals surface area (Å²) in [5, 5.41) is 0. The third-order valence-corrected chi connectivity index (χ3v) is 2.26. The van der Waals surface area contributed by atoms with Gasteiger partial charge in [-0.3, -0.25) is 0 Å². The van der Waals surface area contributed by atoms with Crippen LogP contribution in [0, 0.1) is 6.92 Å². The summed E-state index contributed by atoms with van der Waals surface area (Å²) < 4.78 is 0. The second-order valence-corrected chi connectivity index (χ2v) is 3.39. The van der Waals surface area contributed by atoms with Crippen molar-refractivity contribution in [3.63, 3.8) is 0 Å². The minimum Gasteiger partial charge on any atom is -0.326 e. The van der Waals surface area contributed by atoms with Crippen LogP contribution in [-0.2, 0) is 6.54 Å². The Bertz CT molecular complexity index is 454.